The van der Waals surface area contributed by atoms with Crippen LogP contribution < -0.4 is 20.9 Å². The molecule has 2 aromatic rings. The Hall–Kier alpha value is -3.04. The Kier molecular flexibility index (Phi) is 20.3. The molecule has 0 amide bonds. The van der Waals surface area contributed by atoms with Gasteiger partial charge in [-0.3, -0.25) is 0 Å². The topological polar surface area (TPSA) is 152 Å². The van der Waals surface area contributed by atoms with Crippen molar-refractivity contribution in [1.82, 2.24) is 9.97 Å². The molecule has 89 heavy (non-hydrogen) atoms. The van der Waals surface area contributed by atoms with E-state index in [0.717, 1.165) is 75.2 Å². The summed E-state index contributed by atoms with van der Waals surface area (Å²) >= 11 is 3.69. The second-order valence-electron chi connectivity index (χ2n) is 32.2. The van der Waals surface area contributed by atoms with Crippen LogP contribution in [0, 0.1) is 85.8 Å². The summed E-state index contributed by atoms with van der Waals surface area (Å²) in [5.74, 6) is 7.88. The van der Waals surface area contributed by atoms with Crippen LogP contribution in [-0.2, 0) is 28.4 Å². The van der Waals surface area contributed by atoms with Crippen molar-refractivity contribution in [2.45, 2.75) is 252 Å². The first kappa shape index (κ1) is 66.0. The average molecular weight is 1290 g/mol. The van der Waals surface area contributed by atoms with Crippen molar-refractivity contribution in [1.29, 1.82) is 0 Å². The SMILES string of the molecule is C=C1CCC2[C@]3(C)CO[C@@H](C4CCCC4)O[C@@H]3CC[C@@]2(C)[C@@H]1CCBr.C=C1CCC2[C@]3(C)CO[C@@H](C4CCCC4)O[C@@H]3CC[C@@]2(C)[C@@H]1CCOc1ccnc(N)c1.C=C1CCC2[C@]3(C)CO[C@@H](C4CCCC4)O[C@@H]3CC[C@@]2(C)[C@@H]1CCOc1ccnc(N)c1. The third-order valence-corrected chi connectivity index (χ3v) is 27.6. The number of ether oxygens (including phenoxy) is 8. The molecule has 18 atom stereocenters. The first-order valence-corrected chi connectivity index (χ1v) is 37.0. The largest absolute Gasteiger partial charge is 0.493 e. The molecular weight excluding hydrogens is 1180 g/mol. The van der Waals surface area contributed by atoms with Gasteiger partial charge >= 0.3 is 0 Å². The van der Waals surface area contributed by atoms with Gasteiger partial charge in [-0.1, -0.05) is 132 Å². The molecule has 3 aliphatic heterocycles. The van der Waals surface area contributed by atoms with Gasteiger partial charge in [-0.2, -0.15) is 0 Å². The van der Waals surface area contributed by atoms with E-state index in [0.29, 0.717) is 102 Å². The Bertz CT molecular complexity index is 2630. The van der Waals surface area contributed by atoms with E-state index in [9.17, 15) is 0 Å². The third-order valence-electron chi connectivity index (χ3n) is 27.1. The Morgan fingerprint density at radius 3 is 1.08 bits per heavy atom. The Labute approximate surface area is 544 Å². The molecule has 13 heteroatoms. The van der Waals surface area contributed by atoms with Crippen LogP contribution in [0.5, 0.6) is 11.5 Å². The number of halogens is 1. The lowest BCUT2D eigenvalue weighted by molar-refractivity contribution is -0.316. The predicted octanol–water partition coefficient (Wildman–Crippen LogP) is 17.6. The van der Waals surface area contributed by atoms with Crippen molar-refractivity contribution in [3.63, 3.8) is 0 Å². The van der Waals surface area contributed by atoms with E-state index < -0.39 is 0 Å². The number of nitrogens with two attached hydrogens (primary N) is 2. The van der Waals surface area contributed by atoms with Gasteiger partial charge in [0.2, 0.25) is 0 Å². The minimum Gasteiger partial charge on any atom is -0.493 e. The molecule has 2 aromatic heterocycles. The van der Waals surface area contributed by atoms with Gasteiger partial charge in [-0.25, -0.2) is 9.97 Å². The van der Waals surface area contributed by atoms with Gasteiger partial charge in [-0.15, -0.1) is 0 Å². The van der Waals surface area contributed by atoms with Gasteiger partial charge < -0.3 is 49.4 Å². The van der Waals surface area contributed by atoms with Gasteiger partial charge in [0.1, 0.15) is 23.1 Å². The highest BCUT2D eigenvalue weighted by atomic mass is 79.9. The summed E-state index contributed by atoms with van der Waals surface area (Å²) in [6.45, 7) is 32.3. The molecule has 9 aliphatic carbocycles. The van der Waals surface area contributed by atoms with E-state index in [-0.39, 0.29) is 45.9 Å². The van der Waals surface area contributed by atoms with E-state index in [1.165, 1.54) is 152 Å². The maximum absolute atomic E-state index is 6.70. The van der Waals surface area contributed by atoms with E-state index in [1.54, 1.807) is 24.5 Å². The number of alkyl halides is 1. The minimum absolute atomic E-state index is 0.0236. The van der Waals surface area contributed by atoms with Crippen LogP contribution >= 0.6 is 15.9 Å². The zero-order valence-electron chi connectivity index (χ0n) is 55.8. The molecular formula is C76H115BrN4O8. The normalized spacial score (nSPS) is 42.3. The number of allylic oxidation sites excluding steroid dienone is 3. The highest BCUT2D eigenvalue weighted by Gasteiger charge is 2.64. The number of hydrogen-bond acceptors (Lipinski definition) is 12. The highest BCUT2D eigenvalue weighted by Crippen LogP contribution is 2.67. The number of fused-ring (bicyclic) bond motifs is 9. The Morgan fingerprint density at radius 2 is 0.775 bits per heavy atom. The van der Waals surface area contributed by atoms with Gasteiger partial charge in [-0.05, 0) is 199 Å². The van der Waals surface area contributed by atoms with Gasteiger partial charge in [0, 0.05) is 63.9 Å². The summed E-state index contributed by atoms with van der Waals surface area (Å²) < 4.78 is 51.4. The minimum atomic E-state index is 0.0236. The summed E-state index contributed by atoms with van der Waals surface area (Å²) in [4.78, 5) is 8.10. The number of nitrogen functional groups attached to an aromatic ring is 2. The number of anilines is 2. The number of nitrogens with zero attached hydrogens (tertiary/aromatic N) is 2. The van der Waals surface area contributed by atoms with Gasteiger partial charge in [0.25, 0.3) is 0 Å². The molecule has 12 nitrogen and oxygen atoms in total. The molecule has 0 radical (unpaired) electrons. The van der Waals surface area contributed by atoms with Crippen LogP contribution in [0.4, 0.5) is 11.6 Å². The molecule has 0 bridgehead atoms. The predicted molar refractivity (Wildman–Crippen MR) is 358 cm³/mol. The number of hydrogen-bond donors (Lipinski definition) is 2. The lowest BCUT2D eigenvalue weighted by Gasteiger charge is -2.63. The molecule has 14 rings (SSSR count). The highest BCUT2D eigenvalue weighted by molar-refractivity contribution is 9.09. The first-order valence-electron chi connectivity index (χ1n) is 35.9. The summed E-state index contributed by atoms with van der Waals surface area (Å²) in [6.07, 6.45) is 37.6. The van der Waals surface area contributed by atoms with Crippen LogP contribution in [0.1, 0.15) is 215 Å². The van der Waals surface area contributed by atoms with Crippen LogP contribution in [0.25, 0.3) is 0 Å². The molecule has 0 aromatic carbocycles. The van der Waals surface area contributed by atoms with Gasteiger partial charge in [0.15, 0.2) is 18.9 Å². The third kappa shape index (κ3) is 13.0. The number of aromatic nitrogens is 2. The van der Waals surface area contributed by atoms with Crippen molar-refractivity contribution in [2.24, 2.45) is 85.8 Å². The van der Waals surface area contributed by atoms with Crippen molar-refractivity contribution < 1.29 is 37.9 Å². The van der Waals surface area contributed by atoms with E-state index >= 15 is 0 Å². The zero-order valence-corrected chi connectivity index (χ0v) is 57.4. The monoisotopic (exact) mass is 1290 g/mol. The lowest BCUT2D eigenvalue weighted by Crippen LogP contribution is -2.62. The van der Waals surface area contributed by atoms with Crippen molar-refractivity contribution >= 4 is 27.6 Å². The van der Waals surface area contributed by atoms with Crippen LogP contribution in [0.15, 0.2) is 73.1 Å². The fraction of sp³-hybridized carbons (Fsp3) is 0.789. The molecule has 4 N–H and O–H groups in total. The van der Waals surface area contributed by atoms with Crippen molar-refractivity contribution in [2.75, 3.05) is 49.8 Å². The van der Waals surface area contributed by atoms with Crippen molar-refractivity contribution in [3.8, 4) is 11.5 Å². The first-order chi connectivity index (χ1) is 42.8. The second-order valence-corrected chi connectivity index (χ2v) is 33.0. The molecule has 12 aliphatic rings. The summed E-state index contributed by atoms with van der Waals surface area (Å²) in [6, 6.07) is 7.34. The Morgan fingerprint density at radius 1 is 0.461 bits per heavy atom. The van der Waals surface area contributed by atoms with Gasteiger partial charge in [0.05, 0.1) is 51.3 Å². The quantitative estimate of drug-likeness (QED) is 0.145. The second kappa shape index (κ2) is 27.4. The maximum atomic E-state index is 6.70. The van der Waals surface area contributed by atoms with Crippen LogP contribution in [-0.4, -0.2) is 85.5 Å². The van der Waals surface area contributed by atoms with E-state index in [4.69, 9.17) is 49.4 Å². The molecule has 3 unspecified atom stereocenters. The molecule has 5 heterocycles. The smallest absolute Gasteiger partial charge is 0.160 e. The summed E-state index contributed by atoms with van der Waals surface area (Å²) in [7, 11) is 0. The zero-order chi connectivity index (χ0) is 62.3. The Balaban J connectivity index is 0.000000131. The van der Waals surface area contributed by atoms with Crippen LogP contribution in [0.3, 0.4) is 0 Å². The fourth-order valence-electron chi connectivity index (χ4n) is 22.3. The summed E-state index contributed by atoms with van der Waals surface area (Å²) in [5.41, 5.74) is 17.0. The molecule has 0 spiro atoms. The molecule has 494 valence electrons. The molecule has 9 saturated carbocycles. The molecule has 12 fully saturated rings. The van der Waals surface area contributed by atoms with Crippen LogP contribution in [0.2, 0.25) is 0 Å². The van der Waals surface area contributed by atoms with E-state index in [1.807, 2.05) is 12.1 Å². The lowest BCUT2D eigenvalue weighted by atomic mass is 9.46. The van der Waals surface area contributed by atoms with Crippen molar-refractivity contribution in [3.05, 3.63) is 73.1 Å². The maximum Gasteiger partial charge on any atom is 0.160 e. The summed E-state index contributed by atoms with van der Waals surface area (Å²) in [5, 5.41) is 1.08. The molecule has 3 saturated heterocycles. The fourth-order valence-corrected chi connectivity index (χ4v) is 22.8. The number of rotatable bonds is 13. The number of pyridine rings is 2. The average Bonchev–Trinajstić information content (AvgIpc) is 1.39. The standard InChI is InChI=1S/2C27H40N2O3.C22H35BrO2/c2*1-18-8-9-22-26(2,21(18)12-15-30-20-11-14-29-24(28)16-20)13-10-23-27(22,3)17-31-25(32-23)19-6-4-5-7-19;1-15-8-9-18-21(2,17(15)11-13-23)12-10-19-22(18,3)14-24-20(25-19)16-6-4-5-7-16/h2*11,14,16,19,21-23,25H,1,4-10,12-13,15,17H2,2-3H3,(H2,28,29);16-20H,1,4-14H2,2-3H3/t2*21-,22?,23-,25-,26+,27+;17-,18?,19-,20-,21+,22+/m111/s1. The van der Waals surface area contributed by atoms with E-state index in [2.05, 4.69) is 87.2 Å².